The zero-order chi connectivity index (χ0) is 14.5. The molecule has 1 aromatic carbocycles. The van der Waals surface area contributed by atoms with E-state index >= 15 is 0 Å². The Hall–Kier alpha value is -1.82. The van der Waals surface area contributed by atoms with Crippen molar-refractivity contribution in [2.45, 2.75) is 13.8 Å². The highest BCUT2D eigenvalue weighted by atomic mass is 32.2. The van der Waals surface area contributed by atoms with Gasteiger partial charge < -0.3 is 4.74 Å². The Morgan fingerprint density at radius 3 is 2.68 bits per heavy atom. The van der Waals surface area contributed by atoms with Gasteiger partial charge in [-0.1, -0.05) is 12.1 Å². The van der Waals surface area contributed by atoms with Gasteiger partial charge in [0.2, 0.25) is 10.0 Å². The fourth-order valence-electron chi connectivity index (χ4n) is 1.49. The Morgan fingerprint density at radius 2 is 2.11 bits per heavy atom. The van der Waals surface area contributed by atoms with Crippen molar-refractivity contribution in [2.75, 3.05) is 17.6 Å². The summed E-state index contributed by atoms with van der Waals surface area (Å²) < 4.78 is 29.6. The van der Waals surface area contributed by atoms with E-state index in [-0.39, 0.29) is 0 Å². The van der Waals surface area contributed by atoms with Gasteiger partial charge in [0.25, 0.3) is 0 Å². The third-order valence-electron chi connectivity index (χ3n) is 2.36. The Labute approximate surface area is 113 Å². The van der Waals surface area contributed by atoms with Gasteiger partial charge in [0.15, 0.2) is 0 Å². The van der Waals surface area contributed by atoms with Crippen LogP contribution in [0.25, 0.3) is 6.08 Å². The Morgan fingerprint density at radius 1 is 1.42 bits per heavy atom. The monoisotopic (exact) mass is 283 g/mol. The molecule has 0 bridgehead atoms. The Balaban J connectivity index is 2.98. The van der Waals surface area contributed by atoms with E-state index in [4.69, 9.17) is 4.74 Å². The molecular weight excluding hydrogens is 266 g/mol. The van der Waals surface area contributed by atoms with E-state index < -0.39 is 16.0 Å². The zero-order valence-electron chi connectivity index (χ0n) is 11.1. The van der Waals surface area contributed by atoms with Crippen molar-refractivity contribution in [3.63, 3.8) is 0 Å². The average molecular weight is 283 g/mol. The highest BCUT2D eigenvalue weighted by Crippen LogP contribution is 2.20. The molecule has 0 spiro atoms. The van der Waals surface area contributed by atoms with E-state index in [1.807, 2.05) is 0 Å². The second-order valence-electron chi connectivity index (χ2n) is 3.98. The fraction of sp³-hybridized carbons (Fsp3) is 0.308. The molecule has 0 saturated carbocycles. The first-order valence-electron chi connectivity index (χ1n) is 5.75. The van der Waals surface area contributed by atoms with Gasteiger partial charge >= 0.3 is 5.97 Å². The number of sulfonamides is 1. The molecule has 0 atom stereocenters. The van der Waals surface area contributed by atoms with E-state index in [9.17, 15) is 13.2 Å². The number of carbonyl (C=O) groups excluding carboxylic acids is 1. The van der Waals surface area contributed by atoms with Crippen LogP contribution in [0.5, 0.6) is 0 Å². The number of nitrogens with one attached hydrogen (secondary N) is 1. The molecule has 6 heteroatoms. The number of ether oxygens (including phenoxy) is 1. The summed E-state index contributed by atoms with van der Waals surface area (Å²) in [5.74, 6) is -0.427. The van der Waals surface area contributed by atoms with Crippen LogP contribution in [0.4, 0.5) is 5.69 Å². The Kier molecular flexibility index (Phi) is 5.11. The molecule has 0 fully saturated rings. The highest BCUT2D eigenvalue weighted by Gasteiger charge is 2.06. The average Bonchev–Trinajstić information content (AvgIpc) is 2.29. The molecule has 0 heterocycles. The van der Waals surface area contributed by atoms with Crippen molar-refractivity contribution in [1.29, 1.82) is 0 Å². The summed E-state index contributed by atoms with van der Waals surface area (Å²) >= 11 is 0. The second-order valence-corrected chi connectivity index (χ2v) is 5.73. The molecule has 5 nitrogen and oxygen atoms in total. The molecule has 0 saturated heterocycles. The van der Waals surface area contributed by atoms with Gasteiger partial charge in [-0.15, -0.1) is 0 Å². The first-order valence-corrected chi connectivity index (χ1v) is 7.65. The van der Waals surface area contributed by atoms with E-state index in [2.05, 4.69) is 4.72 Å². The predicted octanol–water partition coefficient (Wildman–Crippen LogP) is 1.94. The minimum Gasteiger partial charge on any atom is -0.463 e. The van der Waals surface area contributed by atoms with Crippen molar-refractivity contribution in [1.82, 2.24) is 0 Å². The van der Waals surface area contributed by atoms with Crippen LogP contribution in [-0.2, 0) is 19.6 Å². The normalized spacial score (nSPS) is 11.5. The molecule has 0 amide bonds. The summed E-state index contributed by atoms with van der Waals surface area (Å²) in [6, 6.07) is 5.17. The highest BCUT2D eigenvalue weighted by molar-refractivity contribution is 7.92. The van der Waals surface area contributed by atoms with E-state index in [0.29, 0.717) is 12.3 Å². The molecule has 19 heavy (non-hydrogen) atoms. The number of esters is 1. The van der Waals surface area contributed by atoms with Gasteiger partial charge in [-0.05, 0) is 37.1 Å². The minimum absolute atomic E-state index is 0.317. The van der Waals surface area contributed by atoms with E-state index in [1.54, 1.807) is 38.1 Å². The van der Waals surface area contributed by atoms with Crippen LogP contribution in [0, 0.1) is 6.92 Å². The smallest absolute Gasteiger partial charge is 0.330 e. The summed E-state index contributed by atoms with van der Waals surface area (Å²) in [4.78, 5) is 11.2. The van der Waals surface area contributed by atoms with Gasteiger partial charge in [0, 0.05) is 6.08 Å². The molecule has 0 aliphatic heterocycles. The lowest BCUT2D eigenvalue weighted by atomic mass is 10.1. The zero-order valence-corrected chi connectivity index (χ0v) is 12.0. The lowest BCUT2D eigenvalue weighted by Crippen LogP contribution is -2.10. The maximum atomic E-state index is 11.2. The van der Waals surface area contributed by atoms with Crippen LogP contribution in [0.15, 0.2) is 24.3 Å². The topological polar surface area (TPSA) is 72.5 Å². The van der Waals surface area contributed by atoms with E-state index in [0.717, 1.165) is 17.4 Å². The molecule has 0 unspecified atom stereocenters. The molecule has 1 aromatic rings. The molecular formula is C13H17NO4S. The van der Waals surface area contributed by atoms with Gasteiger partial charge in [0.05, 0.1) is 18.6 Å². The molecule has 1 rings (SSSR count). The van der Waals surface area contributed by atoms with Gasteiger partial charge in [-0.3, -0.25) is 4.72 Å². The number of anilines is 1. The third kappa shape index (κ3) is 5.13. The maximum Gasteiger partial charge on any atom is 0.330 e. The molecule has 1 N–H and O–H groups in total. The van der Waals surface area contributed by atoms with Gasteiger partial charge in [0.1, 0.15) is 0 Å². The second kappa shape index (κ2) is 6.38. The van der Waals surface area contributed by atoms with Crippen molar-refractivity contribution in [3.05, 3.63) is 35.4 Å². The number of carbonyl (C=O) groups is 1. The largest absolute Gasteiger partial charge is 0.463 e. The number of benzene rings is 1. The van der Waals surface area contributed by atoms with Crippen LogP contribution < -0.4 is 4.72 Å². The third-order valence-corrected chi connectivity index (χ3v) is 2.95. The number of hydrogen-bond donors (Lipinski definition) is 1. The van der Waals surface area contributed by atoms with Crippen LogP contribution in [0.1, 0.15) is 18.1 Å². The van der Waals surface area contributed by atoms with Crippen LogP contribution in [0.2, 0.25) is 0 Å². The summed E-state index contributed by atoms with van der Waals surface area (Å²) in [5.41, 5.74) is 1.99. The van der Waals surface area contributed by atoms with Gasteiger partial charge in [-0.25, -0.2) is 13.2 Å². The summed E-state index contributed by atoms with van der Waals surface area (Å²) in [6.07, 6.45) is 4.00. The number of hydrogen-bond acceptors (Lipinski definition) is 4. The molecule has 0 aliphatic rings. The summed E-state index contributed by atoms with van der Waals surface area (Å²) in [5, 5.41) is 0. The summed E-state index contributed by atoms with van der Waals surface area (Å²) in [6.45, 7) is 3.82. The maximum absolute atomic E-state index is 11.2. The van der Waals surface area contributed by atoms with Crippen LogP contribution in [0.3, 0.4) is 0 Å². The number of rotatable bonds is 5. The predicted molar refractivity (Wildman–Crippen MR) is 75.3 cm³/mol. The van der Waals surface area contributed by atoms with E-state index in [1.165, 1.54) is 6.08 Å². The molecule has 0 aromatic heterocycles. The quantitative estimate of drug-likeness (QED) is 0.662. The molecule has 0 aliphatic carbocycles. The van der Waals surface area contributed by atoms with Crippen molar-refractivity contribution >= 4 is 27.8 Å². The SMILES string of the molecule is CCOC(=O)/C=C/c1cccc(NS(C)(=O)=O)c1C. The minimum atomic E-state index is -3.32. The lowest BCUT2D eigenvalue weighted by molar-refractivity contribution is -0.137. The molecule has 104 valence electrons. The standard InChI is InChI=1S/C13H17NO4S/c1-4-18-13(15)9-8-11-6-5-7-12(10(11)2)14-19(3,16)17/h5-9,14H,4H2,1-3H3/b9-8+. The fourth-order valence-corrected chi connectivity index (χ4v) is 2.11. The Bertz CT molecular complexity index is 591. The van der Waals surface area contributed by atoms with Crippen molar-refractivity contribution in [3.8, 4) is 0 Å². The van der Waals surface area contributed by atoms with Crippen LogP contribution >= 0.6 is 0 Å². The van der Waals surface area contributed by atoms with Crippen molar-refractivity contribution in [2.24, 2.45) is 0 Å². The lowest BCUT2D eigenvalue weighted by Gasteiger charge is -2.09. The molecule has 0 radical (unpaired) electrons. The summed E-state index contributed by atoms with van der Waals surface area (Å²) in [7, 11) is -3.32. The first kappa shape index (κ1) is 15.2. The van der Waals surface area contributed by atoms with Gasteiger partial charge in [-0.2, -0.15) is 0 Å². The first-order chi connectivity index (χ1) is 8.83. The van der Waals surface area contributed by atoms with Crippen LogP contribution in [-0.4, -0.2) is 27.2 Å². The van der Waals surface area contributed by atoms with Crippen molar-refractivity contribution < 1.29 is 17.9 Å².